The predicted molar refractivity (Wildman–Crippen MR) is 44.5 cm³/mol. The van der Waals surface area contributed by atoms with Crippen molar-refractivity contribution in [1.82, 2.24) is 0 Å². The average molecular weight is 140 g/mol. The van der Waals surface area contributed by atoms with Crippen LogP contribution in [0.15, 0.2) is 23.1 Å². The Morgan fingerprint density at radius 2 is 2.44 bits per heavy atom. The van der Waals surface area contributed by atoms with E-state index in [9.17, 15) is 0 Å². The summed E-state index contributed by atoms with van der Waals surface area (Å²) in [6.07, 6.45) is 10.1. The van der Waals surface area contributed by atoms with E-state index in [-0.39, 0.29) is 0 Å². The van der Waals surface area contributed by atoms with E-state index in [4.69, 9.17) is 0 Å². The van der Waals surface area contributed by atoms with Gasteiger partial charge in [0.25, 0.3) is 0 Å². The Labute approximate surface area is 61.0 Å². The zero-order chi connectivity index (χ0) is 6.69. The highest BCUT2D eigenvalue weighted by molar-refractivity contribution is 8.02. The summed E-state index contributed by atoms with van der Waals surface area (Å²) in [5.41, 5.74) is 0. The van der Waals surface area contributed by atoms with Crippen molar-refractivity contribution >= 4 is 11.8 Å². The molecule has 0 N–H and O–H groups in total. The molecule has 0 unspecified atom stereocenters. The van der Waals surface area contributed by atoms with Crippen LogP contribution in [-0.4, -0.2) is 6.26 Å². The first kappa shape index (κ1) is 6.94. The van der Waals surface area contributed by atoms with E-state index in [0.29, 0.717) is 0 Å². The van der Waals surface area contributed by atoms with Crippen molar-refractivity contribution in [2.45, 2.75) is 13.3 Å². The highest BCUT2D eigenvalue weighted by Gasteiger charge is 2.00. The van der Waals surface area contributed by atoms with Crippen LogP contribution in [0.4, 0.5) is 0 Å². The molecule has 0 saturated heterocycles. The second kappa shape index (κ2) is 3.11. The average Bonchev–Trinajstić information content (AvgIpc) is 1.90. The zero-order valence-corrected chi connectivity index (χ0v) is 6.74. The third-order valence-electron chi connectivity index (χ3n) is 1.52. The molecule has 0 saturated carbocycles. The molecule has 0 heterocycles. The van der Waals surface area contributed by atoms with E-state index >= 15 is 0 Å². The topological polar surface area (TPSA) is 0 Å². The first-order chi connectivity index (χ1) is 4.33. The molecule has 0 aromatic heterocycles. The minimum atomic E-state index is 0.751. The lowest BCUT2D eigenvalue weighted by atomic mass is 10.0. The van der Waals surface area contributed by atoms with Crippen molar-refractivity contribution in [3.63, 3.8) is 0 Å². The van der Waals surface area contributed by atoms with Gasteiger partial charge >= 0.3 is 0 Å². The summed E-state index contributed by atoms with van der Waals surface area (Å²) in [5.74, 6) is 0.751. The van der Waals surface area contributed by atoms with Crippen molar-refractivity contribution in [3.8, 4) is 0 Å². The lowest BCUT2D eigenvalue weighted by Gasteiger charge is -2.08. The molecule has 0 nitrogen and oxygen atoms in total. The maximum absolute atomic E-state index is 2.30. The van der Waals surface area contributed by atoms with Gasteiger partial charge < -0.3 is 0 Å². The molecule has 9 heavy (non-hydrogen) atoms. The Bertz CT molecular complexity index is 145. The second-order valence-corrected chi connectivity index (χ2v) is 3.26. The normalized spacial score (nSPS) is 26.0. The Kier molecular flexibility index (Phi) is 2.40. The number of hydrogen-bond donors (Lipinski definition) is 0. The molecule has 1 atom stereocenters. The summed E-state index contributed by atoms with van der Waals surface area (Å²) in [4.78, 5) is 1.41. The van der Waals surface area contributed by atoms with Gasteiger partial charge in [0, 0.05) is 4.91 Å². The molecule has 0 fully saturated rings. The van der Waals surface area contributed by atoms with Crippen LogP contribution in [0, 0.1) is 5.92 Å². The van der Waals surface area contributed by atoms with Crippen molar-refractivity contribution in [2.24, 2.45) is 5.92 Å². The fourth-order valence-corrected chi connectivity index (χ4v) is 1.34. The van der Waals surface area contributed by atoms with Crippen LogP contribution >= 0.6 is 11.8 Å². The Morgan fingerprint density at radius 1 is 1.67 bits per heavy atom. The van der Waals surface area contributed by atoms with Crippen molar-refractivity contribution in [1.29, 1.82) is 0 Å². The Balaban J connectivity index is 2.52. The van der Waals surface area contributed by atoms with Crippen LogP contribution < -0.4 is 0 Å². The van der Waals surface area contributed by atoms with Gasteiger partial charge in [0.05, 0.1) is 0 Å². The quantitative estimate of drug-likeness (QED) is 0.539. The van der Waals surface area contributed by atoms with Gasteiger partial charge in [-0.3, -0.25) is 0 Å². The van der Waals surface area contributed by atoms with E-state index in [0.717, 1.165) is 5.92 Å². The van der Waals surface area contributed by atoms with E-state index < -0.39 is 0 Å². The van der Waals surface area contributed by atoms with Gasteiger partial charge in [-0.2, -0.15) is 0 Å². The lowest BCUT2D eigenvalue weighted by Crippen LogP contribution is -1.91. The fourth-order valence-electron chi connectivity index (χ4n) is 0.859. The highest BCUT2D eigenvalue weighted by atomic mass is 32.2. The zero-order valence-electron chi connectivity index (χ0n) is 5.92. The molecule has 0 amide bonds. The Morgan fingerprint density at radius 3 is 2.89 bits per heavy atom. The van der Waals surface area contributed by atoms with E-state index in [1.807, 2.05) is 11.8 Å². The summed E-state index contributed by atoms with van der Waals surface area (Å²) < 4.78 is 0. The lowest BCUT2D eigenvalue weighted by molar-refractivity contribution is 0.735. The van der Waals surface area contributed by atoms with Gasteiger partial charge in [0.15, 0.2) is 0 Å². The molecule has 0 aromatic rings. The van der Waals surface area contributed by atoms with Crippen LogP contribution in [0.3, 0.4) is 0 Å². The molecule has 50 valence electrons. The molecular weight excluding hydrogens is 128 g/mol. The predicted octanol–water partition coefficient (Wildman–Crippen LogP) is 2.83. The van der Waals surface area contributed by atoms with Crippen LogP contribution in [0.2, 0.25) is 0 Å². The summed E-state index contributed by atoms with van der Waals surface area (Å²) in [7, 11) is 0. The standard InChI is InChI=1S/C8H12S/c1-7-3-5-8(9-2)6-4-7/h3,5-7H,4H2,1-2H3/t7-/m0/s1. The molecule has 0 spiro atoms. The molecule has 1 aliphatic rings. The molecular formula is C8H12S. The maximum Gasteiger partial charge on any atom is 0.00263 e. The van der Waals surface area contributed by atoms with Crippen LogP contribution in [0.25, 0.3) is 0 Å². The minimum Gasteiger partial charge on any atom is -0.130 e. The maximum atomic E-state index is 2.30. The van der Waals surface area contributed by atoms with Crippen molar-refractivity contribution in [2.75, 3.05) is 6.26 Å². The summed E-state index contributed by atoms with van der Waals surface area (Å²) >= 11 is 1.82. The molecule has 0 aliphatic heterocycles. The smallest absolute Gasteiger partial charge is 0.00263 e. The third kappa shape index (κ3) is 1.90. The van der Waals surface area contributed by atoms with Gasteiger partial charge in [-0.05, 0) is 18.6 Å². The minimum absolute atomic E-state index is 0.751. The largest absolute Gasteiger partial charge is 0.130 e. The number of rotatable bonds is 1. The molecule has 1 rings (SSSR count). The number of thioether (sulfide) groups is 1. The van der Waals surface area contributed by atoms with Gasteiger partial charge in [0.1, 0.15) is 0 Å². The highest BCUT2D eigenvalue weighted by Crippen LogP contribution is 2.21. The summed E-state index contributed by atoms with van der Waals surface area (Å²) in [5, 5.41) is 0. The van der Waals surface area contributed by atoms with E-state index in [1.165, 1.54) is 11.3 Å². The van der Waals surface area contributed by atoms with Crippen molar-refractivity contribution in [3.05, 3.63) is 23.1 Å². The first-order valence-corrected chi connectivity index (χ1v) is 4.47. The summed E-state index contributed by atoms with van der Waals surface area (Å²) in [6.45, 7) is 2.24. The summed E-state index contributed by atoms with van der Waals surface area (Å²) in [6, 6.07) is 0. The molecule has 0 aromatic carbocycles. The SMILES string of the molecule is CSC1=CC[C@@H](C)C=C1. The van der Waals surface area contributed by atoms with E-state index in [2.05, 4.69) is 31.4 Å². The van der Waals surface area contributed by atoms with Gasteiger partial charge in [-0.1, -0.05) is 25.2 Å². The molecule has 1 heteroatoms. The Hall–Kier alpha value is -0.170. The number of allylic oxidation sites excluding steroid dienone is 3. The van der Waals surface area contributed by atoms with Gasteiger partial charge in [0.2, 0.25) is 0 Å². The van der Waals surface area contributed by atoms with Crippen LogP contribution in [0.1, 0.15) is 13.3 Å². The third-order valence-corrected chi connectivity index (χ3v) is 2.29. The second-order valence-electron chi connectivity index (χ2n) is 2.38. The van der Waals surface area contributed by atoms with Crippen LogP contribution in [-0.2, 0) is 0 Å². The first-order valence-electron chi connectivity index (χ1n) is 3.25. The fraction of sp³-hybridized carbons (Fsp3) is 0.500. The van der Waals surface area contributed by atoms with E-state index in [1.54, 1.807) is 0 Å². The monoisotopic (exact) mass is 140 g/mol. The molecule has 1 aliphatic carbocycles. The van der Waals surface area contributed by atoms with Gasteiger partial charge in [-0.25, -0.2) is 0 Å². The van der Waals surface area contributed by atoms with Gasteiger partial charge in [-0.15, -0.1) is 11.8 Å². The number of hydrogen-bond acceptors (Lipinski definition) is 1. The van der Waals surface area contributed by atoms with Crippen molar-refractivity contribution < 1.29 is 0 Å². The molecule has 0 radical (unpaired) electrons. The van der Waals surface area contributed by atoms with Crippen LogP contribution in [0.5, 0.6) is 0 Å². The molecule has 0 bridgehead atoms.